The Labute approximate surface area is 141 Å². The number of aromatic nitrogens is 2. The van der Waals surface area contributed by atoms with Gasteiger partial charge >= 0.3 is 0 Å². The second kappa shape index (κ2) is 6.74. The third kappa shape index (κ3) is 3.82. The minimum atomic E-state index is -3.64. The molecule has 1 heterocycles. The quantitative estimate of drug-likeness (QED) is 0.747. The van der Waals surface area contributed by atoms with Crippen LogP contribution in [0.15, 0.2) is 29.2 Å². The molecule has 0 bridgehead atoms. The summed E-state index contributed by atoms with van der Waals surface area (Å²) in [4.78, 5) is 8.78. The number of benzene rings is 1. The third-order valence-corrected chi connectivity index (χ3v) is 5.09. The number of fused-ring (bicyclic) bond motifs is 1. The minimum absolute atomic E-state index is 0.122. The van der Waals surface area contributed by atoms with Crippen LogP contribution >= 0.6 is 0 Å². The van der Waals surface area contributed by atoms with Gasteiger partial charge in [0, 0.05) is 12.1 Å². The SMILES string of the molecule is Nc1nc2c(c(NCCc3ccc(S(N)(=O)=O)cc3)n1)CCCC2. The van der Waals surface area contributed by atoms with Crippen LogP contribution in [0.4, 0.5) is 11.8 Å². The van der Waals surface area contributed by atoms with Gasteiger partial charge in [-0.15, -0.1) is 0 Å². The van der Waals surface area contributed by atoms with Crippen molar-refractivity contribution in [3.63, 3.8) is 0 Å². The van der Waals surface area contributed by atoms with Crippen molar-refractivity contribution in [2.24, 2.45) is 5.14 Å². The summed E-state index contributed by atoms with van der Waals surface area (Å²) >= 11 is 0. The number of rotatable bonds is 5. The van der Waals surface area contributed by atoms with E-state index < -0.39 is 10.0 Å². The monoisotopic (exact) mass is 347 g/mol. The maximum absolute atomic E-state index is 11.3. The van der Waals surface area contributed by atoms with Crippen molar-refractivity contribution in [1.82, 2.24) is 9.97 Å². The molecule has 0 radical (unpaired) electrons. The average Bonchev–Trinajstić information content (AvgIpc) is 2.54. The predicted molar refractivity (Wildman–Crippen MR) is 93.1 cm³/mol. The van der Waals surface area contributed by atoms with Gasteiger partial charge in [0.05, 0.1) is 10.6 Å². The van der Waals surface area contributed by atoms with Crippen molar-refractivity contribution in [3.8, 4) is 0 Å². The highest BCUT2D eigenvalue weighted by molar-refractivity contribution is 7.89. The molecular formula is C16H21N5O2S. The van der Waals surface area contributed by atoms with Gasteiger partial charge in [-0.05, 0) is 49.8 Å². The van der Waals surface area contributed by atoms with E-state index in [9.17, 15) is 8.42 Å². The van der Waals surface area contributed by atoms with Gasteiger partial charge in [0.25, 0.3) is 0 Å². The zero-order valence-electron chi connectivity index (χ0n) is 13.3. The molecule has 0 amide bonds. The molecule has 5 N–H and O–H groups in total. The van der Waals surface area contributed by atoms with Crippen molar-refractivity contribution >= 4 is 21.8 Å². The molecule has 7 nitrogen and oxygen atoms in total. The molecule has 0 saturated carbocycles. The molecule has 128 valence electrons. The first-order valence-corrected chi connectivity index (χ1v) is 9.49. The zero-order valence-corrected chi connectivity index (χ0v) is 14.1. The van der Waals surface area contributed by atoms with E-state index in [1.807, 2.05) is 0 Å². The van der Waals surface area contributed by atoms with Crippen LogP contribution in [-0.4, -0.2) is 24.9 Å². The Morgan fingerprint density at radius 3 is 2.50 bits per heavy atom. The summed E-state index contributed by atoms with van der Waals surface area (Å²) in [7, 11) is -3.64. The maximum atomic E-state index is 11.3. The van der Waals surface area contributed by atoms with Crippen LogP contribution in [0.3, 0.4) is 0 Å². The molecule has 1 aliphatic rings. The van der Waals surface area contributed by atoms with Gasteiger partial charge in [0.1, 0.15) is 5.82 Å². The fraction of sp³-hybridized carbons (Fsp3) is 0.375. The molecule has 1 aliphatic carbocycles. The molecule has 1 aromatic carbocycles. The highest BCUT2D eigenvalue weighted by Gasteiger charge is 2.16. The predicted octanol–water partition coefficient (Wildman–Crippen LogP) is 1.24. The van der Waals surface area contributed by atoms with Gasteiger partial charge in [-0.1, -0.05) is 12.1 Å². The summed E-state index contributed by atoms with van der Waals surface area (Å²) in [5.74, 6) is 1.12. The average molecular weight is 347 g/mol. The second-order valence-corrected chi connectivity index (χ2v) is 7.49. The van der Waals surface area contributed by atoms with E-state index in [2.05, 4.69) is 15.3 Å². The third-order valence-electron chi connectivity index (χ3n) is 4.16. The summed E-state index contributed by atoms with van der Waals surface area (Å²) in [6.45, 7) is 0.678. The number of nitrogens with zero attached hydrogens (tertiary/aromatic N) is 2. The molecule has 0 saturated heterocycles. The Balaban J connectivity index is 1.66. The van der Waals surface area contributed by atoms with Crippen molar-refractivity contribution in [3.05, 3.63) is 41.1 Å². The van der Waals surface area contributed by atoms with E-state index >= 15 is 0 Å². The molecule has 1 aromatic heterocycles. The highest BCUT2D eigenvalue weighted by atomic mass is 32.2. The maximum Gasteiger partial charge on any atom is 0.238 e. The number of nitrogens with one attached hydrogen (secondary N) is 1. The lowest BCUT2D eigenvalue weighted by Gasteiger charge is -2.19. The fourth-order valence-corrected chi connectivity index (χ4v) is 3.45. The summed E-state index contributed by atoms with van der Waals surface area (Å²) in [6, 6.07) is 6.58. The lowest BCUT2D eigenvalue weighted by Crippen LogP contribution is -2.16. The van der Waals surface area contributed by atoms with Crippen LogP contribution in [0.1, 0.15) is 29.7 Å². The number of nitrogens with two attached hydrogens (primary N) is 2. The fourth-order valence-electron chi connectivity index (χ4n) is 2.93. The zero-order chi connectivity index (χ0) is 17.2. The Morgan fingerprint density at radius 2 is 1.79 bits per heavy atom. The molecule has 24 heavy (non-hydrogen) atoms. The number of hydrogen-bond acceptors (Lipinski definition) is 6. The van der Waals surface area contributed by atoms with E-state index in [1.54, 1.807) is 12.1 Å². The molecule has 3 rings (SSSR count). The van der Waals surface area contributed by atoms with Crippen molar-refractivity contribution < 1.29 is 8.42 Å². The first kappa shape index (κ1) is 16.7. The van der Waals surface area contributed by atoms with Crippen LogP contribution in [0.2, 0.25) is 0 Å². The number of sulfonamides is 1. The largest absolute Gasteiger partial charge is 0.369 e. The minimum Gasteiger partial charge on any atom is -0.369 e. The van der Waals surface area contributed by atoms with Crippen LogP contribution in [-0.2, 0) is 29.3 Å². The topological polar surface area (TPSA) is 124 Å². The van der Waals surface area contributed by atoms with Gasteiger partial charge in [-0.3, -0.25) is 0 Å². The van der Waals surface area contributed by atoms with Crippen LogP contribution < -0.4 is 16.2 Å². The summed E-state index contributed by atoms with van der Waals surface area (Å²) < 4.78 is 22.5. The van der Waals surface area contributed by atoms with E-state index in [0.29, 0.717) is 12.5 Å². The first-order chi connectivity index (χ1) is 11.4. The smallest absolute Gasteiger partial charge is 0.238 e. The lowest BCUT2D eigenvalue weighted by molar-refractivity contribution is 0.598. The second-order valence-electron chi connectivity index (χ2n) is 5.93. The van der Waals surface area contributed by atoms with Gasteiger partial charge in [0.2, 0.25) is 16.0 Å². The Kier molecular flexibility index (Phi) is 4.68. The normalized spacial score (nSPS) is 14.2. The summed E-state index contributed by atoms with van der Waals surface area (Å²) in [5, 5.41) is 8.43. The molecule has 0 unspecified atom stereocenters. The molecular weight excluding hydrogens is 326 g/mol. The van der Waals surface area contributed by atoms with Crippen molar-refractivity contribution in [2.75, 3.05) is 17.6 Å². The van der Waals surface area contributed by atoms with Crippen LogP contribution in [0, 0.1) is 0 Å². The summed E-state index contributed by atoms with van der Waals surface area (Å²) in [5.41, 5.74) is 9.03. The highest BCUT2D eigenvalue weighted by Crippen LogP contribution is 2.26. The number of aryl methyl sites for hydroxylation is 1. The number of nitrogen functional groups attached to an aromatic ring is 1. The number of hydrogen-bond donors (Lipinski definition) is 3. The molecule has 2 aromatic rings. The Morgan fingerprint density at radius 1 is 1.08 bits per heavy atom. The summed E-state index contributed by atoms with van der Waals surface area (Å²) in [6.07, 6.45) is 4.94. The first-order valence-electron chi connectivity index (χ1n) is 7.94. The van der Waals surface area contributed by atoms with Gasteiger partial charge in [0.15, 0.2) is 0 Å². The molecule has 8 heteroatoms. The lowest BCUT2D eigenvalue weighted by atomic mass is 9.96. The van der Waals surface area contributed by atoms with E-state index in [-0.39, 0.29) is 4.90 Å². The molecule has 0 aliphatic heterocycles. The van der Waals surface area contributed by atoms with Gasteiger partial charge < -0.3 is 11.1 Å². The number of anilines is 2. The Hall–Kier alpha value is -2.19. The standard InChI is InChI=1S/C16H21N5O2S/c17-16-20-14-4-2-1-3-13(14)15(21-16)19-10-9-11-5-7-12(8-6-11)24(18,22)23/h5-8H,1-4,9-10H2,(H2,18,22,23)(H3,17,19,20,21). The Bertz CT molecular complexity index is 834. The van der Waals surface area contributed by atoms with E-state index in [0.717, 1.165) is 49.2 Å². The van der Waals surface area contributed by atoms with Gasteiger partial charge in [-0.2, -0.15) is 4.98 Å². The molecule has 0 spiro atoms. The van der Waals surface area contributed by atoms with Crippen LogP contribution in [0.25, 0.3) is 0 Å². The molecule has 0 fully saturated rings. The van der Waals surface area contributed by atoms with Crippen molar-refractivity contribution in [1.29, 1.82) is 0 Å². The number of primary sulfonamides is 1. The van der Waals surface area contributed by atoms with Crippen LogP contribution in [0.5, 0.6) is 0 Å². The van der Waals surface area contributed by atoms with Gasteiger partial charge in [-0.25, -0.2) is 18.5 Å². The van der Waals surface area contributed by atoms with E-state index in [4.69, 9.17) is 10.9 Å². The van der Waals surface area contributed by atoms with E-state index in [1.165, 1.54) is 17.7 Å². The molecule has 0 atom stereocenters. The van der Waals surface area contributed by atoms with Crippen molar-refractivity contribution in [2.45, 2.75) is 37.0 Å².